The molecule has 1 heterocycles. The molecule has 1 aromatic heterocycles. The summed E-state index contributed by atoms with van der Waals surface area (Å²) in [6.45, 7) is 0.202. The lowest BCUT2D eigenvalue weighted by Crippen LogP contribution is -2.07. The highest BCUT2D eigenvalue weighted by Crippen LogP contribution is 2.20. The predicted octanol–water partition coefficient (Wildman–Crippen LogP) is 1.74. The molecule has 0 saturated carbocycles. The molecule has 1 aromatic carbocycles. The molecule has 0 aliphatic carbocycles. The van der Waals surface area contributed by atoms with Gasteiger partial charge in [-0.1, -0.05) is 29.8 Å². The number of halogens is 1. The van der Waals surface area contributed by atoms with Crippen molar-refractivity contribution in [3.63, 3.8) is 0 Å². The summed E-state index contributed by atoms with van der Waals surface area (Å²) in [5, 5.41) is 22.2. The smallest absolute Gasteiger partial charge is 0.357 e. The molecule has 19 heavy (non-hydrogen) atoms. The molecule has 0 aliphatic heterocycles. The maximum absolute atomic E-state index is 11.0. The minimum absolute atomic E-state index is 0.0137. The van der Waals surface area contributed by atoms with Crippen molar-refractivity contribution in [2.24, 2.45) is 0 Å². The van der Waals surface area contributed by atoms with E-state index < -0.39 is 5.97 Å². The van der Waals surface area contributed by atoms with Crippen LogP contribution in [0.2, 0.25) is 5.02 Å². The zero-order valence-corrected chi connectivity index (χ0v) is 10.4. The van der Waals surface area contributed by atoms with Gasteiger partial charge in [-0.15, -0.1) is 0 Å². The third kappa shape index (κ3) is 2.37. The number of hydrogen-bond acceptors (Lipinski definition) is 4. The second-order valence-electron chi connectivity index (χ2n) is 3.77. The molecule has 0 saturated heterocycles. The highest BCUT2D eigenvalue weighted by molar-refractivity contribution is 6.31. The molecule has 7 heteroatoms. The average Bonchev–Trinajstić information content (AvgIpc) is 2.69. The average molecular weight is 277 g/mol. The van der Waals surface area contributed by atoms with E-state index in [0.717, 1.165) is 5.56 Å². The first-order valence-electron chi connectivity index (χ1n) is 5.27. The van der Waals surface area contributed by atoms with E-state index in [2.05, 4.69) is 5.10 Å². The first-order chi connectivity index (χ1) is 9.04. The second-order valence-corrected chi connectivity index (χ2v) is 4.18. The summed E-state index contributed by atoms with van der Waals surface area (Å²) in [5.74, 6) is -1.28. The number of anilines is 1. The van der Waals surface area contributed by atoms with Crippen molar-refractivity contribution in [1.82, 2.24) is 9.78 Å². The third-order valence-electron chi connectivity index (χ3n) is 2.58. The number of nitrogen functional groups attached to an aromatic ring is 1. The molecular formula is C12H9ClN4O2. The van der Waals surface area contributed by atoms with Gasteiger partial charge in [-0.25, -0.2) is 9.48 Å². The van der Waals surface area contributed by atoms with Gasteiger partial charge in [0.2, 0.25) is 0 Å². The second kappa shape index (κ2) is 5.00. The quantitative estimate of drug-likeness (QED) is 0.888. The summed E-state index contributed by atoms with van der Waals surface area (Å²) in [4.78, 5) is 11.0. The van der Waals surface area contributed by atoms with Crippen LogP contribution in [-0.2, 0) is 6.54 Å². The largest absolute Gasteiger partial charge is 0.476 e. The van der Waals surface area contributed by atoms with Crippen molar-refractivity contribution in [2.75, 3.05) is 5.73 Å². The molecule has 0 unspecified atom stereocenters. The summed E-state index contributed by atoms with van der Waals surface area (Å²) >= 11 is 6.01. The summed E-state index contributed by atoms with van der Waals surface area (Å²) in [6.07, 6.45) is 0. The number of hydrogen-bond donors (Lipinski definition) is 2. The Kier molecular flexibility index (Phi) is 3.40. The zero-order valence-electron chi connectivity index (χ0n) is 9.67. The Balaban J connectivity index is 2.45. The van der Waals surface area contributed by atoms with Crippen LogP contribution in [0.15, 0.2) is 24.3 Å². The summed E-state index contributed by atoms with van der Waals surface area (Å²) < 4.78 is 1.25. The van der Waals surface area contributed by atoms with Crippen LogP contribution in [0, 0.1) is 11.3 Å². The Morgan fingerprint density at radius 2 is 2.21 bits per heavy atom. The van der Waals surface area contributed by atoms with Crippen molar-refractivity contribution in [3.8, 4) is 6.07 Å². The van der Waals surface area contributed by atoms with Gasteiger partial charge in [0.05, 0.1) is 6.54 Å². The molecule has 6 nitrogen and oxygen atoms in total. The van der Waals surface area contributed by atoms with E-state index in [1.54, 1.807) is 30.3 Å². The molecule has 0 bridgehead atoms. The van der Waals surface area contributed by atoms with E-state index in [0.29, 0.717) is 5.02 Å². The first kappa shape index (κ1) is 12.9. The van der Waals surface area contributed by atoms with Crippen LogP contribution in [0.4, 0.5) is 5.82 Å². The number of nitrogens with two attached hydrogens (primary N) is 1. The number of nitrogens with zero attached hydrogens (tertiary/aromatic N) is 3. The van der Waals surface area contributed by atoms with Gasteiger partial charge in [0.1, 0.15) is 17.5 Å². The molecule has 2 aromatic rings. The number of carbonyl (C=O) groups is 1. The highest BCUT2D eigenvalue weighted by atomic mass is 35.5. The fourth-order valence-electron chi connectivity index (χ4n) is 1.64. The Morgan fingerprint density at radius 1 is 1.53 bits per heavy atom. The minimum atomic E-state index is -1.29. The van der Waals surface area contributed by atoms with Crippen molar-refractivity contribution < 1.29 is 9.90 Å². The normalized spacial score (nSPS) is 10.1. The predicted molar refractivity (Wildman–Crippen MR) is 68.9 cm³/mol. The van der Waals surface area contributed by atoms with E-state index in [1.807, 2.05) is 0 Å². The van der Waals surface area contributed by atoms with Gasteiger partial charge in [0, 0.05) is 5.02 Å². The number of benzene rings is 1. The Hall–Kier alpha value is -2.52. The SMILES string of the molecule is N#Cc1c(C(=O)O)nn(Cc2ccccc2Cl)c1N. The molecule has 0 fully saturated rings. The van der Waals surface area contributed by atoms with Crippen LogP contribution in [0.25, 0.3) is 0 Å². The third-order valence-corrected chi connectivity index (χ3v) is 2.95. The van der Waals surface area contributed by atoms with Crippen LogP contribution < -0.4 is 5.73 Å². The summed E-state index contributed by atoms with van der Waals surface area (Å²) in [6, 6.07) is 8.80. The van der Waals surface area contributed by atoms with Gasteiger partial charge in [-0.3, -0.25) is 0 Å². The molecular weight excluding hydrogens is 268 g/mol. The molecule has 2 rings (SSSR count). The van der Waals surface area contributed by atoms with Crippen LogP contribution in [0.5, 0.6) is 0 Å². The van der Waals surface area contributed by atoms with Crippen molar-refractivity contribution in [1.29, 1.82) is 5.26 Å². The molecule has 3 N–H and O–H groups in total. The molecule has 0 spiro atoms. The van der Waals surface area contributed by atoms with Crippen molar-refractivity contribution >= 4 is 23.4 Å². The lowest BCUT2D eigenvalue weighted by atomic mass is 10.2. The summed E-state index contributed by atoms with van der Waals surface area (Å²) in [5.41, 5.74) is 5.96. The van der Waals surface area contributed by atoms with Crippen molar-refractivity contribution in [3.05, 3.63) is 46.1 Å². The van der Waals surface area contributed by atoms with E-state index in [1.165, 1.54) is 4.68 Å². The number of carboxylic acids is 1. The van der Waals surface area contributed by atoms with E-state index in [-0.39, 0.29) is 23.6 Å². The molecule has 0 radical (unpaired) electrons. The standard InChI is InChI=1S/C12H9ClN4O2/c13-9-4-2-1-3-7(9)6-17-11(15)8(5-14)10(16-17)12(18)19/h1-4H,6,15H2,(H,18,19). The van der Waals surface area contributed by atoms with Gasteiger partial charge in [-0.05, 0) is 11.6 Å². The van der Waals surface area contributed by atoms with Crippen LogP contribution in [0.3, 0.4) is 0 Å². The zero-order chi connectivity index (χ0) is 14.0. The summed E-state index contributed by atoms with van der Waals surface area (Å²) in [7, 11) is 0. The van der Waals surface area contributed by atoms with Gasteiger partial charge in [0.25, 0.3) is 0 Å². The lowest BCUT2D eigenvalue weighted by molar-refractivity contribution is 0.0689. The molecule has 0 aliphatic rings. The maximum Gasteiger partial charge on any atom is 0.357 e. The number of aromatic nitrogens is 2. The minimum Gasteiger partial charge on any atom is -0.476 e. The van der Waals surface area contributed by atoms with Gasteiger partial charge in [-0.2, -0.15) is 10.4 Å². The Morgan fingerprint density at radius 3 is 2.74 bits per heavy atom. The number of aromatic carboxylic acids is 1. The van der Waals surface area contributed by atoms with E-state index in [4.69, 9.17) is 27.7 Å². The topological polar surface area (TPSA) is 105 Å². The number of carboxylic acid groups (broad SMARTS) is 1. The van der Waals surface area contributed by atoms with Crippen molar-refractivity contribution in [2.45, 2.75) is 6.54 Å². The number of rotatable bonds is 3. The monoisotopic (exact) mass is 276 g/mol. The van der Waals surface area contributed by atoms with Crippen LogP contribution in [0.1, 0.15) is 21.6 Å². The van der Waals surface area contributed by atoms with Gasteiger partial charge in [0.15, 0.2) is 5.69 Å². The fourth-order valence-corrected chi connectivity index (χ4v) is 1.84. The van der Waals surface area contributed by atoms with E-state index >= 15 is 0 Å². The molecule has 0 atom stereocenters. The first-order valence-corrected chi connectivity index (χ1v) is 5.65. The fraction of sp³-hybridized carbons (Fsp3) is 0.0833. The van der Waals surface area contributed by atoms with E-state index in [9.17, 15) is 4.79 Å². The van der Waals surface area contributed by atoms with Gasteiger partial charge >= 0.3 is 5.97 Å². The molecule has 0 amide bonds. The van der Waals surface area contributed by atoms with Crippen LogP contribution >= 0.6 is 11.6 Å². The van der Waals surface area contributed by atoms with Crippen LogP contribution in [-0.4, -0.2) is 20.9 Å². The highest BCUT2D eigenvalue weighted by Gasteiger charge is 2.21. The molecule has 96 valence electrons. The maximum atomic E-state index is 11.0. The Labute approximate surface area is 113 Å². The lowest BCUT2D eigenvalue weighted by Gasteiger charge is -2.05. The Bertz CT molecular complexity index is 688. The number of nitriles is 1. The van der Waals surface area contributed by atoms with Gasteiger partial charge < -0.3 is 10.8 Å².